The molecule has 1 aromatic rings. The highest BCUT2D eigenvalue weighted by Gasteiger charge is 2.20. The molecule has 0 bridgehead atoms. The number of rotatable bonds is 7. The van der Waals surface area contributed by atoms with Crippen molar-refractivity contribution >= 4 is 17.3 Å². The van der Waals surface area contributed by atoms with E-state index in [-0.39, 0.29) is 0 Å². The van der Waals surface area contributed by atoms with Crippen LogP contribution >= 0.6 is 11.3 Å². The number of nitrogens with one attached hydrogen (secondary N) is 2. The Morgan fingerprint density at radius 3 is 3.08 bits per heavy atom. The molecule has 25 heavy (non-hydrogen) atoms. The molecule has 0 aliphatic carbocycles. The van der Waals surface area contributed by atoms with Gasteiger partial charge in [0.1, 0.15) is 0 Å². The number of thiophene rings is 1. The Labute approximate surface area is 155 Å². The minimum Gasteiger partial charge on any atom is -0.376 e. The van der Waals surface area contributed by atoms with Crippen molar-refractivity contribution in [2.24, 2.45) is 10.9 Å². The summed E-state index contributed by atoms with van der Waals surface area (Å²) in [5, 5.41) is 8.99. The number of hydrogen-bond donors (Lipinski definition) is 2. The van der Waals surface area contributed by atoms with E-state index in [4.69, 9.17) is 9.73 Å². The highest BCUT2D eigenvalue weighted by atomic mass is 32.1. The Balaban J connectivity index is 1.45. The highest BCUT2D eigenvalue weighted by molar-refractivity contribution is 7.09. The van der Waals surface area contributed by atoms with Crippen LogP contribution in [0, 0.1) is 5.92 Å². The molecule has 3 heterocycles. The van der Waals surface area contributed by atoms with Gasteiger partial charge in [0.2, 0.25) is 0 Å². The first-order chi connectivity index (χ1) is 12.3. The number of hydrogen-bond acceptors (Lipinski definition) is 4. The van der Waals surface area contributed by atoms with E-state index in [1.54, 1.807) is 0 Å². The van der Waals surface area contributed by atoms with Gasteiger partial charge in [-0.2, -0.15) is 0 Å². The van der Waals surface area contributed by atoms with E-state index < -0.39 is 0 Å². The van der Waals surface area contributed by atoms with Gasteiger partial charge in [-0.15, -0.1) is 11.3 Å². The average Bonchev–Trinajstić information content (AvgIpc) is 3.31. The minimum atomic E-state index is 0.347. The molecule has 2 saturated heterocycles. The molecule has 2 N–H and O–H groups in total. The zero-order valence-corrected chi connectivity index (χ0v) is 16.2. The fourth-order valence-electron chi connectivity index (χ4n) is 3.64. The van der Waals surface area contributed by atoms with Crippen molar-refractivity contribution in [3.8, 4) is 0 Å². The van der Waals surface area contributed by atoms with Crippen molar-refractivity contribution in [3.63, 3.8) is 0 Å². The first-order valence-corrected chi connectivity index (χ1v) is 10.6. The largest absolute Gasteiger partial charge is 0.376 e. The van der Waals surface area contributed by atoms with Crippen LogP contribution in [-0.2, 0) is 11.3 Å². The van der Waals surface area contributed by atoms with Gasteiger partial charge in [0.25, 0.3) is 0 Å². The molecule has 6 heteroatoms. The molecule has 0 amide bonds. The van der Waals surface area contributed by atoms with Gasteiger partial charge in [-0.05, 0) is 56.5 Å². The monoisotopic (exact) mass is 364 g/mol. The zero-order chi connectivity index (χ0) is 17.3. The quantitative estimate of drug-likeness (QED) is 0.577. The lowest BCUT2D eigenvalue weighted by Crippen LogP contribution is -2.42. The van der Waals surface area contributed by atoms with Crippen LogP contribution in [0.3, 0.4) is 0 Å². The third-order valence-electron chi connectivity index (χ3n) is 4.94. The van der Waals surface area contributed by atoms with Gasteiger partial charge in [-0.1, -0.05) is 6.07 Å². The molecule has 0 spiro atoms. The predicted octanol–water partition coefficient (Wildman–Crippen LogP) is 2.69. The first-order valence-electron chi connectivity index (χ1n) is 9.72. The molecule has 140 valence electrons. The van der Waals surface area contributed by atoms with Crippen molar-refractivity contribution in [2.75, 3.05) is 39.3 Å². The molecule has 2 aliphatic heterocycles. The average molecular weight is 365 g/mol. The lowest BCUT2D eigenvalue weighted by atomic mass is 9.98. The SMILES string of the molecule is CCNC(=NCC1CCCN(Cc2cccs2)C1)NCC1CCCO1. The Morgan fingerprint density at radius 1 is 1.36 bits per heavy atom. The van der Waals surface area contributed by atoms with E-state index in [0.29, 0.717) is 12.0 Å². The second-order valence-electron chi connectivity index (χ2n) is 7.06. The maximum atomic E-state index is 5.69. The Morgan fingerprint density at radius 2 is 2.32 bits per heavy atom. The summed E-state index contributed by atoms with van der Waals surface area (Å²) < 4.78 is 5.69. The van der Waals surface area contributed by atoms with Gasteiger partial charge in [0, 0.05) is 44.2 Å². The lowest BCUT2D eigenvalue weighted by Gasteiger charge is -2.31. The summed E-state index contributed by atoms with van der Waals surface area (Å²) in [6.07, 6.45) is 5.26. The normalized spacial score (nSPS) is 25.2. The fraction of sp³-hybridized carbons (Fsp3) is 0.737. The van der Waals surface area contributed by atoms with E-state index in [1.165, 1.54) is 30.7 Å². The number of guanidine groups is 1. The number of aliphatic imine (C=N–C) groups is 1. The topological polar surface area (TPSA) is 48.9 Å². The van der Waals surface area contributed by atoms with E-state index in [2.05, 4.69) is 40.0 Å². The van der Waals surface area contributed by atoms with E-state index in [0.717, 1.165) is 51.7 Å². The molecular formula is C19H32N4OS. The minimum absolute atomic E-state index is 0.347. The Hall–Kier alpha value is -1.11. The molecule has 3 rings (SSSR count). The summed E-state index contributed by atoms with van der Waals surface area (Å²) in [6, 6.07) is 4.39. The lowest BCUT2D eigenvalue weighted by molar-refractivity contribution is 0.113. The molecule has 2 aliphatic rings. The van der Waals surface area contributed by atoms with Crippen LogP contribution in [0.4, 0.5) is 0 Å². The third-order valence-corrected chi connectivity index (χ3v) is 5.80. The predicted molar refractivity (Wildman–Crippen MR) is 105 cm³/mol. The molecule has 0 radical (unpaired) electrons. The van der Waals surface area contributed by atoms with Crippen molar-refractivity contribution in [1.82, 2.24) is 15.5 Å². The first kappa shape index (κ1) is 18.7. The molecule has 0 saturated carbocycles. The van der Waals surface area contributed by atoms with Crippen molar-refractivity contribution in [1.29, 1.82) is 0 Å². The maximum absolute atomic E-state index is 5.69. The summed E-state index contributed by atoms with van der Waals surface area (Å²) >= 11 is 1.86. The molecule has 0 aromatic carbocycles. The van der Waals surface area contributed by atoms with Crippen LogP contribution in [0.2, 0.25) is 0 Å². The van der Waals surface area contributed by atoms with Gasteiger partial charge in [0.05, 0.1) is 6.10 Å². The highest BCUT2D eigenvalue weighted by Crippen LogP contribution is 2.20. The van der Waals surface area contributed by atoms with Gasteiger partial charge < -0.3 is 15.4 Å². The molecule has 2 unspecified atom stereocenters. The van der Waals surface area contributed by atoms with Gasteiger partial charge in [0.15, 0.2) is 5.96 Å². The van der Waals surface area contributed by atoms with E-state index in [9.17, 15) is 0 Å². The number of ether oxygens (including phenoxy) is 1. The van der Waals surface area contributed by atoms with Crippen LogP contribution in [0.25, 0.3) is 0 Å². The maximum Gasteiger partial charge on any atom is 0.191 e. The second kappa shape index (κ2) is 10.1. The Kier molecular flexibility index (Phi) is 7.57. The van der Waals surface area contributed by atoms with Gasteiger partial charge in [-0.3, -0.25) is 9.89 Å². The fourth-order valence-corrected chi connectivity index (χ4v) is 4.39. The van der Waals surface area contributed by atoms with Crippen LogP contribution in [0.15, 0.2) is 22.5 Å². The molecule has 2 atom stereocenters. The molecular weight excluding hydrogens is 332 g/mol. The Bertz CT molecular complexity index is 514. The summed E-state index contributed by atoms with van der Waals surface area (Å²) in [6.45, 7) is 9.15. The molecule has 2 fully saturated rings. The zero-order valence-electron chi connectivity index (χ0n) is 15.4. The second-order valence-corrected chi connectivity index (χ2v) is 8.09. The number of piperidine rings is 1. The van der Waals surface area contributed by atoms with Gasteiger partial charge in [-0.25, -0.2) is 0 Å². The smallest absolute Gasteiger partial charge is 0.191 e. The number of nitrogens with zero attached hydrogens (tertiary/aromatic N) is 2. The summed E-state index contributed by atoms with van der Waals surface area (Å²) in [4.78, 5) is 8.90. The van der Waals surface area contributed by atoms with Crippen molar-refractivity contribution in [3.05, 3.63) is 22.4 Å². The van der Waals surface area contributed by atoms with Crippen LogP contribution in [0.1, 0.15) is 37.5 Å². The number of likely N-dealkylation sites (tertiary alicyclic amines) is 1. The van der Waals surface area contributed by atoms with E-state index >= 15 is 0 Å². The molecule has 5 nitrogen and oxygen atoms in total. The van der Waals surface area contributed by atoms with Crippen LogP contribution in [-0.4, -0.2) is 56.3 Å². The van der Waals surface area contributed by atoms with Crippen LogP contribution < -0.4 is 10.6 Å². The standard InChI is InChI=1S/C19H32N4OS/c1-2-20-19(22-13-17-7-4-10-24-17)21-12-16-6-3-9-23(14-16)15-18-8-5-11-25-18/h5,8,11,16-17H,2-4,6-7,9-10,12-15H2,1H3,(H2,20,21,22). The van der Waals surface area contributed by atoms with E-state index in [1.807, 2.05) is 11.3 Å². The van der Waals surface area contributed by atoms with Crippen molar-refractivity contribution < 1.29 is 4.74 Å². The summed E-state index contributed by atoms with van der Waals surface area (Å²) in [5.41, 5.74) is 0. The summed E-state index contributed by atoms with van der Waals surface area (Å²) in [7, 11) is 0. The van der Waals surface area contributed by atoms with Gasteiger partial charge >= 0.3 is 0 Å². The third kappa shape index (κ3) is 6.28. The van der Waals surface area contributed by atoms with Crippen molar-refractivity contribution in [2.45, 2.75) is 45.3 Å². The molecule has 1 aromatic heterocycles. The van der Waals surface area contributed by atoms with Crippen LogP contribution in [0.5, 0.6) is 0 Å². The summed E-state index contributed by atoms with van der Waals surface area (Å²) in [5.74, 6) is 1.60.